The minimum Gasteiger partial charge on any atom is -0.354 e. The van der Waals surface area contributed by atoms with Gasteiger partial charge in [0.2, 0.25) is 0 Å². The molecule has 0 fully saturated rings. The highest BCUT2D eigenvalue weighted by atomic mass is 127. The maximum atomic E-state index is 12.1. The predicted octanol–water partition coefficient (Wildman–Crippen LogP) is 3.40. The molecule has 0 aromatic heterocycles. The molecule has 0 aliphatic rings. The van der Waals surface area contributed by atoms with Crippen LogP contribution in [0.4, 0.5) is 0 Å². The van der Waals surface area contributed by atoms with E-state index in [9.17, 15) is 4.79 Å². The fourth-order valence-corrected chi connectivity index (χ4v) is 2.42. The number of nitrogens with zero attached hydrogens (tertiary/aromatic N) is 2. The van der Waals surface area contributed by atoms with E-state index in [2.05, 4.69) is 15.6 Å². The Morgan fingerprint density at radius 2 is 1.62 bits per heavy atom. The van der Waals surface area contributed by atoms with E-state index >= 15 is 0 Å². The standard InChI is InChI=1S/C19H23ClN4O.HI/c1-24(2)19(23-14-15-8-4-3-5-9-15)22-13-12-21-18(25)16-10-6-7-11-17(16)20;/h3-11H,12-14H2,1-2H3,(H,21,25)(H,22,23);1H. The van der Waals surface area contributed by atoms with Crippen molar-refractivity contribution < 1.29 is 4.79 Å². The van der Waals surface area contributed by atoms with Crippen LogP contribution in [0.5, 0.6) is 0 Å². The summed E-state index contributed by atoms with van der Waals surface area (Å²) in [5.74, 6) is 0.593. The van der Waals surface area contributed by atoms with Crippen LogP contribution in [0.15, 0.2) is 59.6 Å². The molecule has 0 aliphatic heterocycles. The van der Waals surface area contributed by atoms with Crippen LogP contribution in [0.25, 0.3) is 0 Å². The Balaban J connectivity index is 0.00000338. The molecule has 7 heteroatoms. The number of guanidine groups is 1. The summed E-state index contributed by atoms with van der Waals surface area (Å²) in [4.78, 5) is 18.6. The van der Waals surface area contributed by atoms with Gasteiger partial charge in [-0.25, -0.2) is 4.99 Å². The molecule has 1 amide bonds. The van der Waals surface area contributed by atoms with Gasteiger partial charge in [-0.15, -0.1) is 24.0 Å². The Bertz CT molecular complexity index is 722. The summed E-state index contributed by atoms with van der Waals surface area (Å²) >= 11 is 6.02. The number of halogens is 2. The fraction of sp³-hybridized carbons (Fsp3) is 0.263. The third-order valence-electron chi connectivity index (χ3n) is 3.49. The van der Waals surface area contributed by atoms with E-state index in [0.29, 0.717) is 30.2 Å². The highest BCUT2D eigenvalue weighted by molar-refractivity contribution is 14.0. The van der Waals surface area contributed by atoms with Crippen LogP contribution >= 0.6 is 35.6 Å². The first kappa shape index (κ1) is 22.2. The highest BCUT2D eigenvalue weighted by Crippen LogP contribution is 2.14. The van der Waals surface area contributed by atoms with Crippen molar-refractivity contribution >= 4 is 47.4 Å². The number of rotatable bonds is 6. The number of carbonyl (C=O) groups excluding carboxylic acids is 1. The van der Waals surface area contributed by atoms with E-state index in [1.165, 1.54) is 0 Å². The van der Waals surface area contributed by atoms with Crippen LogP contribution in [-0.4, -0.2) is 44.0 Å². The van der Waals surface area contributed by atoms with Gasteiger partial charge in [0.25, 0.3) is 5.91 Å². The maximum absolute atomic E-state index is 12.1. The third-order valence-corrected chi connectivity index (χ3v) is 3.82. The van der Waals surface area contributed by atoms with E-state index in [1.54, 1.807) is 24.3 Å². The van der Waals surface area contributed by atoms with Gasteiger partial charge >= 0.3 is 0 Å². The molecule has 0 radical (unpaired) electrons. The van der Waals surface area contributed by atoms with E-state index in [0.717, 1.165) is 11.5 Å². The van der Waals surface area contributed by atoms with Gasteiger partial charge in [-0.1, -0.05) is 54.1 Å². The van der Waals surface area contributed by atoms with Crippen LogP contribution in [0, 0.1) is 0 Å². The molecular formula is C19H24ClIN4O. The maximum Gasteiger partial charge on any atom is 0.252 e. The first-order chi connectivity index (χ1) is 12.1. The second-order valence-corrected chi connectivity index (χ2v) is 6.09. The average molecular weight is 487 g/mol. The van der Waals surface area contributed by atoms with Gasteiger partial charge in [0, 0.05) is 27.2 Å². The molecule has 5 nitrogen and oxygen atoms in total. The number of hydrogen-bond acceptors (Lipinski definition) is 2. The molecule has 2 N–H and O–H groups in total. The molecule has 2 aromatic carbocycles. The second kappa shape index (κ2) is 11.7. The van der Waals surface area contributed by atoms with Gasteiger partial charge in [-0.05, 0) is 17.7 Å². The van der Waals surface area contributed by atoms with Crippen LogP contribution in [-0.2, 0) is 6.54 Å². The molecule has 2 rings (SSSR count). The molecule has 2 aromatic rings. The van der Waals surface area contributed by atoms with Crippen molar-refractivity contribution in [2.24, 2.45) is 4.99 Å². The topological polar surface area (TPSA) is 56.7 Å². The Morgan fingerprint density at radius 1 is 1.00 bits per heavy atom. The zero-order valence-corrected chi connectivity index (χ0v) is 18.0. The van der Waals surface area contributed by atoms with Crippen molar-refractivity contribution in [3.05, 3.63) is 70.7 Å². The van der Waals surface area contributed by atoms with Crippen LogP contribution < -0.4 is 10.6 Å². The smallest absolute Gasteiger partial charge is 0.252 e. The third kappa shape index (κ3) is 7.21. The first-order valence-corrected chi connectivity index (χ1v) is 8.48. The first-order valence-electron chi connectivity index (χ1n) is 8.10. The van der Waals surface area contributed by atoms with Crippen LogP contribution in [0.2, 0.25) is 5.02 Å². The van der Waals surface area contributed by atoms with Gasteiger partial charge < -0.3 is 15.5 Å². The summed E-state index contributed by atoms with van der Waals surface area (Å²) in [6.45, 7) is 1.65. The van der Waals surface area contributed by atoms with Crippen molar-refractivity contribution in [1.82, 2.24) is 15.5 Å². The van der Waals surface area contributed by atoms with E-state index in [4.69, 9.17) is 11.6 Å². The van der Waals surface area contributed by atoms with Gasteiger partial charge in [0.05, 0.1) is 17.1 Å². The summed E-state index contributed by atoms with van der Waals surface area (Å²) in [6.07, 6.45) is 0. The van der Waals surface area contributed by atoms with Gasteiger partial charge in [-0.3, -0.25) is 4.79 Å². The molecule has 0 unspecified atom stereocenters. The predicted molar refractivity (Wildman–Crippen MR) is 118 cm³/mol. The second-order valence-electron chi connectivity index (χ2n) is 5.68. The van der Waals surface area contributed by atoms with Gasteiger partial charge in [0.15, 0.2) is 5.96 Å². The van der Waals surface area contributed by atoms with Crippen molar-refractivity contribution in [3.63, 3.8) is 0 Å². The molecule has 0 saturated carbocycles. The number of benzene rings is 2. The zero-order chi connectivity index (χ0) is 18.1. The molecule has 0 aliphatic carbocycles. The lowest BCUT2D eigenvalue weighted by Crippen LogP contribution is -2.41. The normalized spacial score (nSPS) is 10.7. The largest absolute Gasteiger partial charge is 0.354 e. The van der Waals surface area contributed by atoms with Crippen molar-refractivity contribution in [3.8, 4) is 0 Å². The van der Waals surface area contributed by atoms with Crippen LogP contribution in [0.3, 0.4) is 0 Å². The molecule has 0 spiro atoms. The molecule has 26 heavy (non-hydrogen) atoms. The number of aliphatic imine (C=N–C) groups is 1. The summed E-state index contributed by atoms with van der Waals surface area (Å²) in [6, 6.07) is 17.1. The number of carbonyl (C=O) groups is 1. The van der Waals surface area contributed by atoms with Gasteiger partial charge in [0.1, 0.15) is 0 Å². The Kier molecular flexibility index (Phi) is 10.0. The van der Waals surface area contributed by atoms with E-state index in [-0.39, 0.29) is 29.9 Å². The van der Waals surface area contributed by atoms with E-state index < -0.39 is 0 Å². The lowest BCUT2D eigenvalue weighted by atomic mass is 10.2. The van der Waals surface area contributed by atoms with Crippen molar-refractivity contribution in [1.29, 1.82) is 0 Å². The molecule has 140 valence electrons. The number of nitrogens with one attached hydrogen (secondary N) is 2. The lowest BCUT2D eigenvalue weighted by Gasteiger charge is -2.18. The SMILES string of the molecule is CN(C)C(=NCc1ccccc1)NCCNC(=O)c1ccccc1Cl.I. The molecule has 0 saturated heterocycles. The number of amides is 1. The van der Waals surface area contributed by atoms with Crippen LogP contribution in [0.1, 0.15) is 15.9 Å². The minimum atomic E-state index is -0.181. The summed E-state index contributed by atoms with van der Waals surface area (Å²) in [5, 5.41) is 6.54. The van der Waals surface area contributed by atoms with Crippen molar-refractivity contribution in [2.75, 3.05) is 27.2 Å². The molecule has 0 bridgehead atoms. The quantitative estimate of drug-likeness (QED) is 0.285. The summed E-state index contributed by atoms with van der Waals surface area (Å²) in [7, 11) is 3.86. The lowest BCUT2D eigenvalue weighted by molar-refractivity contribution is 0.0954. The van der Waals surface area contributed by atoms with Crippen molar-refractivity contribution in [2.45, 2.75) is 6.54 Å². The monoisotopic (exact) mass is 486 g/mol. The fourth-order valence-electron chi connectivity index (χ4n) is 2.20. The average Bonchev–Trinajstić information content (AvgIpc) is 2.61. The van der Waals surface area contributed by atoms with E-state index in [1.807, 2.05) is 49.3 Å². The Labute approximate surface area is 176 Å². The Hall–Kier alpha value is -1.80. The Morgan fingerprint density at radius 3 is 2.27 bits per heavy atom. The van der Waals surface area contributed by atoms with Gasteiger partial charge in [-0.2, -0.15) is 0 Å². The molecule has 0 atom stereocenters. The molecule has 0 heterocycles. The minimum absolute atomic E-state index is 0. The molecular weight excluding hydrogens is 463 g/mol. The number of hydrogen-bond donors (Lipinski definition) is 2. The summed E-state index contributed by atoms with van der Waals surface area (Å²) < 4.78 is 0. The summed E-state index contributed by atoms with van der Waals surface area (Å²) in [5.41, 5.74) is 1.63. The highest BCUT2D eigenvalue weighted by Gasteiger charge is 2.08. The zero-order valence-electron chi connectivity index (χ0n) is 14.9.